The Balaban J connectivity index is 1.96. The molecular weight excluding hydrogens is 256 g/mol. The first-order valence-electron chi connectivity index (χ1n) is 7.05. The lowest BCUT2D eigenvalue weighted by Crippen LogP contribution is -2.31. The molecule has 1 aromatic heterocycles. The van der Waals surface area contributed by atoms with Crippen molar-refractivity contribution in [2.24, 2.45) is 13.0 Å². The van der Waals surface area contributed by atoms with Crippen molar-refractivity contribution in [2.75, 3.05) is 20.3 Å². The van der Waals surface area contributed by atoms with Gasteiger partial charge in [-0.25, -0.2) is 4.79 Å². The van der Waals surface area contributed by atoms with E-state index in [9.17, 15) is 4.79 Å². The molecule has 5 nitrogen and oxygen atoms in total. The lowest BCUT2D eigenvalue weighted by Gasteiger charge is -2.30. The molecule has 5 heteroatoms. The topological polar surface area (TPSA) is 56.4 Å². The van der Waals surface area contributed by atoms with Gasteiger partial charge in [0.25, 0.3) is 0 Å². The number of nitrogens with zero attached hydrogens (tertiary/aromatic N) is 1. The van der Waals surface area contributed by atoms with Crippen LogP contribution in [0.2, 0.25) is 0 Å². The van der Waals surface area contributed by atoms with Crippen molar-refractivity contribution in [3.05, 3.63) is 34.3 Å². The highest BCUT2D eigenvalue weighted by molar-refractivity contribution is 5.73. The molecule has 0 radical (unpaired) electrons. The Morgan fingerprint density at radius 2 is 2.30 bits per heavy atom. The van der Waals surface area contributed by atoms with Crippen LogP contribution >= 0.6 is 0 Å². The van der Waals surface area contributed by atoms with Gasteiger partial charge in [-0.05, 0) is 37.6 Å². The van der Waals surface area contributed by atoms with E-state index in [0.29, 0.717) is 11.5 Å². The molecule has 1 fully saturated rings. The van der Waals surface area contributed by atoms with Gasteiger partial charge in [0.2, 0.25) is 0 Å². The molecule has 2 heterocycles. The van der Waals surface area contributed by atoms with E-state index in [1.807, 2.05) is 19.2 Å². The smallest absolute Gasteiger partial charge is 0.408 e. The Bertz CT molecular complexity index is 653. The highest BCUT2D eigenvalue weighted by atomic mass is 16.5. The molecular formula is C15H20N2O3. The Morgan fingerprint density at radius 3 is 3.00 bits per heavy atom. The van der Waals surface area contributed by atoms with Crippen LogP contribution in [0.15, 0.2) is 27.4 Å². The minimum Gasteiger partial charge on any atom is -0.408 e. The summed E-state index contributed by atoms with van der Waals surface area (Å²) in [5.74, 6) is 0.140. The fourth-order valence-electron chi connectivity index (χ4n) is 3.05. The van der Waals surface area contributed by atoms with Crippen LogP contribution in [0.4, 0.5) is 0 Å². The molecule has 1 aromatic carbocycles. The molecule has 2 unspecified atom stereocenters. The number of benzene rings is 1. The number of aromatic nitrogens is 1. The summed E-state index contributed by atoms with van der Waals surface area (Å²) in [6, 6.07) is 6.20. The molecule has 0 spiro atoms. The van der Waals surface area contributed by atoms with Gasteiger partial charge in [-0.3, -0.25) is 4.57 Å². The van der Waals surface area contributed by atoms with Crippen LogP contribution in [0, 0.1) is 5.92 Å². The molecule has 20 heavy (non-hydrogen) atoms. The summed E-state index contributed by atoms with van der Waals surface area (Å²) in [4.78, 5) is 11.6. The second-order valence-electron chi connectivity index (χ2n) is 5.40. The summed E-state index contributed by atoms with van der Waals surface area (Å²) in [5.41, 5.74) is 2.62. The number of aryl methyl sites for hydroxylation is 1. The van der Waals surface area contributed by atoms with Crippen LogP contribution in [0.3, 0.4) is 0 Å². The lowest BCUT2D eigenvalue weighted by molar-refractivity contribution is 0.0402. The minimum absolute atomic E-state index is 0.227. The third-order valence-corrected chi connectivity index (χ3v) is 4.15. The first kappa shape index (κ1) is 13.4. The maximum Gasteiger partial charge on any atom is 0.419 e. The predicted octanol–water partition coefficient (Wildman–Crippen LogP) is 1.82. The van der Waals surface area contributed by atoms with Crippen molar-refractivity contribution in [1.82, 2.24) is 9.88 Å². The fourth-order valence-corrected chi connectivity index (χ4v) is 3.05. The lowest BCUT2D eigenvalue weighted by atomic mass is 9.89. The summed E-state index contributed by atoms with van der Waals surface area (Å²) in [6.45, 7) is 1.64. The SMILES string of the molecule is CNC(c1ccc2c(c1)oc(=O)n2C)C1CCCOC1. The molecule has 1 aliphatic rings. The van der Waals surface area contributed by atoms with Gasteiger partial charge in [0.05, 0.1) is 12.1 Å². The zero-order chi connectivity index (χ0) is 14.1. The normalized spacial score (nSPS) is 21.2. The van der Waals surface area contributed by atoms with Crippen molar-refractivity contribution in [3.63, 3.8) is 0 Å². The predicted molar refractivity (Wildman–Crippen MR) is 76.8 cm³/mol. The molecule has 0 bridgehead atoms. The molecule has 108 valence electrons. The monoisotopic (exact) mass is 276 g/mol. The number of hydrogen-bond donors (Lipinski definition) is 1. The quantitative estimate of drug-likeness (QED) is 0.929. The van der Waals surface area contributed by atoms with Crippen molar-refractivity contribution >= 4 is 11.1 Å². The van der Waals surface area contributed by atoms with Gasteiger partial charge in [-0.1, -0.05) is 6.07 Å². The molecule has 2 aromatic rings. The van der Waals surface area contributed by atoms with Crippen LogP contribution in [0.1, 0.15) is 24.4 Å². The van der Waals surface area contributed by atoms with Crippen molar-refractivity contribution in [1.29, 1.82) is 0 Å². The highest BCUT2D eigenvalue weighted by Gasteiger charge is 2.25. The van der Waals surface area contributed by atoms with Crippen molar-refractivity contribution in [2.45, 2.75) is 18.9 Å². The zero-order valence-electron chi connectivity index (χ0n) is 11.9. The van der Waals surface area contributed by atoms with E-state index in [-0.39, 0.29) is 11.8 Å². The summed E-state index contributed by atoms with van der Waals surface area (Å²) < 4.78 is 12.4. The van der Waals surface area contributed by atoms with Gasteiger partial charge < -0.3 is 14.5 Å². The number of nitrogens with one attached hydrogen (secondary N) is 1. The Kier molecular flexibility index (Phi) is 3.63. The van der Waals surface area contributed by atoms with E-state index >= 15 is 0 Å². The molecule has 1 N–H and O–H groups in total. The fraction of sp³-hybridized carbons (Fsp3) is 0.533. The van der Waals surface area contributed by atoms with Crippen LogP contribution < -0.4 is 11.1 Å². The number of ether oxygens (including phenoxy) is 1. The average Bonchev–Trinajstić information content (AvgIpc) is 2.76. The Labute approximate surface area is 117 Å². The summed E-state index contributed by atoms with van der Waals surface area (Å²) in [7, 11) is 3.68. The Hall–Kier alpha value is -1.59. The molecule has 1 saturated heterocycles. The van der Waals surface area contributed by atoms with Crippen molar-refractivity contribution < 1.29 is 9.15 Å². The van der Waals surface area contributed by atoms with Crippen LogP contribution in [0.5, 0.6) is 0 Å². The number of hydrogen-bond acceptors (Lipinski definition) is 4. The van der Waals surface area contributed by atoms with Crippen LogP contribution in [-0.2, 0) is 11.8 Å². The maximum absolute atomic E-state index is 11.6. The first-order chi connectivity index (χ1) is 9.70. The van der Waals surface area contributed by atoms with Crippen LogP contribution in [0.25, 0.3) is 11.1 Å². The van der Waals surface area contributed by atoms with Crippen molar-refractivity contribution in [3.8, 4) is 0 Å². The van der Waals surface area contributed by atoms with E-state index in [1.54, 1.807) is 7.05 Å². The molecule has 0 saturated carbocycles. The van der Waals surface area contributed by atoms with E-state index < -0.39 is 0 Å². The first-order valence-corrected chi connectivity index (χ1v) is 7.05. The zero-order valence-corrected chi connectivity index (χ0v) is 11.9. The maximum atomic E-state index is 11.6. The van der Waals surface area contributed by atoms with Gasteiger partial charge in [-0.2, -0.15) is 0 Å². The molecule has 3 rings (SSSR count). The second kappa shape index (κ2) is 5.42. The standard InChI is InChI=1S/C15H20N2O3/c1-16-14(11-4-3-7-19-9-11)10-5-6-12-13(8-10)20-15(18)17(12)2/h5-6,8,11,14,16H,3-4,7,9H2,1-2H3. The molecule has 1 aliphatic heterocycles. The minimum atomic E-state index is -0.320. The third kappa shape index (κ3) is 2.27. The second-order valence-corrected chi connectivity index (χ2v) is 5.40. The van der Waals surface area contributed by atoms with E-state index in [1.165, 1.54) is 4.57 Å². The number of fused-ring (bicyclic) bond motifs is 1. The van der Waals surface area contributed by atoms with E-state index in [4.69, 9.17) is 9.15 Å². The van der Waals surface area contributed by atoms with Gasteiger partial charge in [0.15, 0.2) is 5.58 Å². The molecule has 0 amide bonds. The average molecular weight is 276 g/mol. The molecule has 2 atom stereocenters. The van der Waals surface area contributed by atoms with E-state index in [2.05, 4.69) is 11.4 Å². The van der Waals surface area contributed by atoms with Gasteiger partial charge in [0, 0.05) is 25.6 Å². The van der Waals surface area contributed by atoms with Crippen LogP contribution in [-0.4, -0.2) is 24.8 Å². The highest BCUT2D eigenvalue weighted by Crippen LogP contribution is 2.30. The largest absolute Gasteiger partial charge is 0.419 e. The summed E-state index contributed by atoms with van der Waals surface area (Å²) >= 11 is 0. The third-order valence-electron chi connectivity index (χ3n) is 4.15. The van der Waals surface area contributed by atoms with Gasteiger partial charge >= 0.3 is 5.76 Å². The van der Waals surface area contributed by atoms with Gasteiger partial charge in [-0.15, -0.1) is 0 Å². The van der Waals surface area contributed by atoms with Gasteiger partial charge in [0.1, 0.15) is 0 Å². The summed E-state index contributed by atoms with van der Waals surface area (Å²) in [6.07, 6.45) is 2.26. The Morgan fingerprint density at radius 1 is 1.45 bits per heavy atom. The van der Waals surface area contributed by atoms with E-state index in [0.717, 1.165) is 37.1 Å². The number of rotatable bonds is 3. The number of oxazole rings is 1. The summed E-state index contributed by atoms with van der Waals surface area (Å²) in [5, 5.41) is 3.37. The molecule has 0 aliphatic carbocycles.